The normalized spacial score (nSPS) is 12.9. The second kappa shape index (κ2) is 8.04. The van der Waals surface area contributed by atoms with E-state index in [0.29, 0.717) is 0 Å². The van der Waals surface area contributed by atoms with Crippen LogP contribution in [0.1, 0.15) is 11.1 Å². The summed E-state index contributed by atoms with van der Waals surface area (Å²) in [5.41, 5.74) is 1.71. The summed E-state index contributed by atoms with van der Waals surface area (Å²) in [4.78, 5) is 0. The molecule has 2 aromatic carbocycles. The van der Waals surface area contributed by atoms with Crippen LogP contribution < -0.4 is 43.7 Å². The zero-order valence-electron chi connectivity index (χ0n) is 12.4. The number of phenolic OH excluding ortho intramolecular Hbond substituents is 1. The van der Waals surface area contributed by atoms with Gasteiger partial charge in [0.15, 0.2) is 11.5 Å². The molecule has 0 aliphatic carbocycles. The number of benzene rings is 2. The number of aryl methyl sites for hydroxylation is 2. The van der Waals surface area contributed by atoms with Crippen LogP contribution in [0.5, 0.6) is 23.0 Å². The first-order valence-corrected chi connectivity index (χ1v) is 9.85. The monoisotopic (exact) mass is 364 g/mol. The average Bonchev–Trinajstić information content (AvgIpc) is 2.36. The van der Waals surface area contributed by atoms with Gasteiger partial charge >= 0.3 is 35.7 Å². The van der Waals surface area contributed by atoms with Gasteiger partial charge < -0.3 is 31.5 Å². The van der Waals surface area contributed by atoms with E-state index in [-0.39, 0.29) is 52.6 Å². The standard InChI is InChI=1S/C14H15O4PS2.Na/c1-9-3-5-13(11(15)7-9)17-19(20,21)18-14-6-4-10(2)8-12(14)16;/h3-8,15-16H,1-2H3,(H,20,21);/q;+1/p-1. The van der Waals surface area contributed by atoms with Crippen LogP contribution in [0.4, 0.5) is 0 Å². The quantitative estimate of drug-likeness (QED) is 0.362. The molecule has 4 nitrogen and oxygen atoms in total. The first kappa shape index (κ1) is 19.8. The molecular formula is C14H14NaO4PS2. The zero-order valence-corrected chi connectivity index (χ0v) is 17.0. The van der Waals surface area contributed by atoms with Gasteiger partial charge in [-0.3, -0.25) is 0 Å². The van der Waals surface area contributed by atoms with E-state index in [4.69, 9.17) is 21.3 Å². The van der Waals surface area contributed by atoms with Crippen molar-refractivity contribution < 1.29 is 48.8 Å². The van der Waals surface area contributed by atoms with Gasteiger partial charge in [-0.05, 0) is 37.6 Å². The summed E-state index contributed by atoms with van der Waals surface area (Å²) in [6, 6.07) is 9.61. The molecule has 0 saturated heterocycles. The van der Waals surface area contributed by atoms with E-state index < -0.39 is 6.12 Å². The third-order valence-corrected chi connectivity index (χ3v) is 4.43. The Kier molecular flexibility index (Phi) is 7.24. The first-order valence-electron chi connectivity index (χ1n) is 6.06. The van der Waals surface area contributed by atoms with Gasteiger partial charge in [-0.25, -0.2) is 0 Å². The number of phenols is 1. The predicted octanol–water partition coefficient (Wildman–Crippen LogP) is 0.699. The minimum atomic E-state index is -3.05. The summed E-state index contributed by atoms with van der Waals surface area (Å²) >= 11 is 9.36. The molecule has 0 spiro atoms. The predicted molar refractivity (Wildman–Crippen MR) is 88.0 cm³/mol. The van der Waals surface area contributed by atoms with Crippen molar-refractivity contribution in [3.05, 3.63) is 47.5 Å². The van der Waals surface area contributed by atoms with Crippen LogP contribution in [-0.2, 0) is 12.2 Å². The first-order chi connectivity index (χ1) is 9.77. The number of thiol groups is 1. The fraction of sp³-hybridized carbons (Fsp3) is 0.143. The van der Waals surface area contributed by atoms with Gasteiger partial charge in [0, 0.05) is 0 Å². The van der Waals surface area contributed by atoms with Gasteiger partial charge in [-0.1, -0.05) is 29.5 Å². The SMILES string of the molecule is Cc1ccc(O[P+]([S-])(S)Oc2ccc(C)cc2O)c([O-])c1.[Na+]. The summed E-state index contributed by atoms with van der Waals surface area (Å²) in [5, 5.41) is 21.6. The molecule has 8 heteroatoms. The Morgan fingerprint density at radius 1 is 1.05 bits per heavy atom. The van der Waals surface area contributed by atoms with Gasteiger partial charge in [-0.15, -0.1) is 0 Å². The van der Waals surface area contributed by atoms with Crippen LogP contribution in [0.25, 0.3) is 0 Å². The maximum absolute atomic E-state index is 11.8. The molecule has 0 saturated carbocycles. The molecule has 2 rings (SSSR count). The number of rotatable bonds is 4. The minimum absolute atomic E-state index is 0. The summed E-state index contributed by atoms with van der Waals surface area (Å²) in [5.74, 6) is -0.0628. The van der Waals surface area contributed by atoms with Crippen molar-refractivity contribution in [2.45, 2.75) is 13.8 Å². The van der Waals surface area contributed by atoms with Gasteiger partial charge in [0.25, 0.3) is 0 Å². The Labute approximate surface area is 163 Å². The van der Waals surface area contributed by atoms with Gasteiger partial charge in [0.2, 0.25) is 5.75 Å². The molecule has 0 aromatic heterocycles. The maximum atomic E-state index is 11.8. The van der Waals surface area contributed by atoms with Crippen molar-refractivity contribution in [3.63, 3.8) is 0 Å². The molecule has 1 unspecified atom stereocenters. The Bertz CT molecular complexity index is 612. The van der Waals surface area contributed by atoms with E-state index in [1.165, 1.54) is 12.1 Å². The molecule has 0 bridgehead atoms. The molecule has 0 aliphatic rings. The molecule has 1 N–H and O–H groups in total. The van der Waals surface area contributed by atoms with E-state index in [9.17, 15) is 10.2 Å². The Balaban J connectivity index is 0.00000242. The Morgan fingerprint density at radius 2 is 1.55 bits per heavy atom. The minimum Gasteiger partial charge on any atom is -0.870 e. The van der Waals surface area contributed by atoms with Crippen molar-refractivity contribution in [1.29, 1.82) is 0 Å². The number of hydrogen-bond donors (Lipinski definition) is 2. The topological polar surface area (TPSA) is 61.8 Å². The van der Waals surface area contributed by atoms with Gasteiger partial charge in [0.05, 0.1) is 12.2 Å². The van der Waals surface area contributed by atoms with Crippen LogP contribution in [0, 0.1) is 13.8 Å². The molecule has 0 radical (unpaired) electrons. The van der Waals surface area contributed by atoms with Crippen molar-refractivity contribution in [2.75, 3.05) is 0 Å². The fourth-order valence-electron chi connectivity index (χ4n) is 1.66. The third kappa shape index (κ3) is 5.44. The van der Waals surface area contributed by atoms with Crippen molar-refractivity contribution >= 4 is 30.6 Å². The van der Waals surface area contributed by atoms with Crippen LogP contribution in [0.15, 0.2) is 36.4 Å². The molecular weight excluding hydrogens is 350 g/mol. The Hall–Kier alpha value is -0.230. The molecule has 22 heavy (non-hydrogen) atoms. The van der Waals surface area contributed by atoms with Crippen molar-refractivity contribution in [1.82, 2.24) is 0 Å². The van der Waals surface area contributed by atoms with Crippen LogP contribution in [0.3, 0.4) is 0 Å². The average molecular weight is 364 g/mol. The van der Waals surface area contributed by atoms with Gasteiger partial charge in [0.1, 0.15) is 0 Å². The Morgan fingerprint density at radius 3 is 2.09 bits per heavy atom. The summed E-state index contributed by atoms with van der Waals surface area (Å²) in [6.07, 6.45) is -3.05. The molecule has 0 heterocycles. The number of hydrogen-bond acceptors (Lipinski definition) is 6. The van der Waals surface area contributed by atoms with Crippen LogP contribution in [-0.4, -0.2) is 5.11 Å². The molecule has 112 valence electrons. The molecule has 1 atom stereocenters. The summed E-state index contributed by atoms with van der Waals surface area (Å²) in [7, 11) is 0. The summed E-state index contributed by atoms with van der Waals surface area (Å²) < 4.78 is 10.9. The maximum Gasteiger partial charge on any atom is 1.00 e. The van der Waals surface area contributed by atoms with Crippen LogP contribution >= 0.6 is 18.4 Å². The molecule has 0 fully saturated rings. The second-order valence-corrected chi connectivity index (χ2v) is 9.71. The molecule has 0 amide bonds. The van der Waals surface area contributed by atoms with E-state index in [0.717, 1.165) is 11.1 Å². The smallest absolute Gasteiger partial charge is 0.870 e. The third-order valence-electron chi connectivity index (χ3n) is 2.64. The fourth-order valence-corrected chi connectivity index (χ4v) is 3.51. The summed E-state index contributed by atoms with van der Waals surface area (Å²) in [6.45, 7) is 3.65. The van der Waals surface area contributed by atoms with Crippen molar-refractivity contribution in [2.24, 2.45) is 0 Å². The van der Waals surface area contributed by atoms with Crippen molar-refractivity contribution in [3.8, 4) is 23.0 Å². The largest absolute Gasteiger partial charge is 1.00 e. The van der Waals surface area contributed by atoms with E-state index in [2.05, 4.69) is 12.2 Å². The van der Waals surface area contributed by atoms with E-state index >= 15 is 0 Å². The van der Waals surface area contributed by atoms with E-state index in [1.54, 1.807) is 24.3 Å². The van der Waals surface area contributed by atoms with Crippen LogP contribution in [0.2, 0.25) is 0 Å². The van der Waals surface area contributed by atoms with Gasteiger partial charge in [-0.2, -0.15) is 0 Å². The zero-order chi connectivity index (χ0) is 15.6. The second-order valence-electron chi connectivity index (χ2n) is 4.57. The molecule has 2 aromatic rings. The van der Waals surface area contributed by atoms with E-state index in [1.807, 2.05) is 13.8 Å². The molecule has 0 aliphatic heterocycles. The number of aromatic hydroxyl groups is 1.